The van der Waals surface area contributed by atoms with Crippen molar-refractivity contribution in [1.82, 2.24) is 20.2 Å². The van der Waals surface area contributed by atoms with E-state index in [2.05, 4.69) is 15.3 Å². The molecule has 0 fully saturated rings. The lowest BCUT2D eigenvalue weighted by Crippen LogP contribution is -2.43. The molecule has 3 aromatic rings. The highest BCUT2D eigenvalue weighted by Crippen LogP contribution is 2.39. The molecule has 1 aliphatic heterocycles. The first-order valence-electron chi connectivity index (χ1n) is 11.3. The van der Waals surface area contributed by atoms with Gasteiger partial charge in [-0.3, -0.25) is 4.79 Å². The van der Waals surface area contributed by atoms with E-state index in [4.69, 9.17) is 4.18 Å². The zero-order valence-electron chi connectivity index (χ0n) is 20.3. The highest BCUT2D eigenvalue weighted by molar-refractivity contribution is 7.94. The van der Waals surface area contributed by atoms with Crippen LogP contribution in [0, 0.1) is 18.6 Å². The summed E-state index contributed by atoms with van der Waals surface area (Å²) in [6.45, 7) is 6.84. The Hall–Kier alpha value is -3.57. The number of nitrogens with zero attached hydrogens (tertiary/aromatic N) is 4. The second-order valence-corrected chi connectivity index (χ2v) is 8.84. The maximum atomic E-state index is 14.7. The lowest BCUT2D eigenvalue weighted by molar-refractivity contribution is 0.0773. The summed E-state index contributed by atoms with van der Waals surface area (Å²) in [6, 6.07) is 7.94. The van der Waals surface area contributed by atoms with Gasteiger partial charge in [-0.15, -0.1) is 0 Å². The average Bonchev–Trinajstić information content (AvgIpc) is 2.86. The number of carbonyl (C=O) groups is 2. The van der Waals surface area contributed by atoms with Crippen LogP contribution in [0.2, 0.25) is 0 Å². The van der Waals surface area contributed by atoms with Gasteiger partial charge in [0.2, 0.25) is 5.16 Å². The van der Waals surface area contributed by atoms with Crippen molar-refractivity contribution < 1.29 is 22.6 Å². The fraction of sp³-hybridized carbons (Fsp3) is 0.280. The van der Waals surface area contributed by atoms with Crippen LogP contribution in [-0.2, 0) is 10.7 Å². The van der Waals surface area contributed by atoms with Crippen LogP contribution >= 0.6 is 12.0 Å². The molecule has 0 radical (unpaired) electrons. The number of fused-ring (bicyclic) bond motifs is 1. The number of carbonyl (C=O) groups excluding carboxylic acids is 2. The molecule has 1 aliphatic rings. The highest BCUT2D eigenvalue weighted by Gasteiger charge is 2.34. The molecule has 188 valence electrons. The second-order valence-electron chi connectivity index (χ2n) is 7.98. The molecule has 36 heavy (non-hydrogen) atoms. The Morgan fingerprint density at radius 2 is 1.86 bits per heavy atom. The van der Waals surface area contributed by atoms with Crippen LogP contribution < -0.4 is 10.2 Å². The molecule has 2 aromatic carbocycles. The molecule has 8 nitrogen and oxygen atoms in total. The summed E-state index contributed by atoms with van der Waals surface area (Å²) in [4.78, 5) is 37.5. The summed E-state index contributed by atoms with van der Waals surface area (Å²) >= 11 is 0.849. The third-order valence-electron chi connectivity index (χ3n) is 5.91. The van der Waals surface area contributed by atoms with Crippen molar-refractivity contribution in [3.8, 4) is 11.3 Å². The number of benzene rings is 2. The van der Waals surface area contributed by atoms with Gasteiger partial charge in [-0.1, -0.05) is 12.1 Å². The topological polar surface area (TPSA) is 87.7 Å². The molecule has 0 bridgehead atoms. The van der Waals surface area contributed by atoms with Crippen LogP contribution in [0.3, 0.4) is 0 Å². The van der Waals surface area contributed by atoms with Gasteiger partial charge >= 0.3 is 6.03 Å². The first-order valence-corrected chi connectivity index (χ1v) is 12.1. The van der Waals surface area contributed by atoms with Crippen LogP contribution in [0.1, 0.15) is 35.3 Å². The predicted octanol–water partition coefficient (Wildman–Crippen LogP) is 5.23. The molecule has 11 heteroatoms. The van der Waals surface area contributed by atoms with Crippen LogP contribution in [0.15, 0.2) is 41.6 Å². The molecule has 4 rings (SSSR count). The van der Waals surface area contributed by atoms with Crippen molar-refractivity contribution in [3.05, 3.63) is 64.7 Å². The molecule has 1 aromatic heterocycles. The molecule has 1 N–H and O–H groups in total. The summed E-state index contributed by atoms with van der Waals surface area (Å²) in [5.41, 5.74) is 2.26. The van der Waals surface area contributed by atoms with E-state index in [0.717, 1.165) is 34.6 Å². The van der Waals surface area contributed by atoms with Crippen molar-refractivity contribution in [3.63, 3.8) is 0 Å². The summed E-state index contributed by atoms with van der Waals surface area (Å²) in [5.74, 6) is -1.92. The zero-order chi connectivity index (χ0) is 26.0. The number of hydrogen-bond donors (Lipinski definition) is 1. The maximum absolute atomic E-state index is 14.7. The molecular formula is C25H25F2N5O3S. The summed E-state index contributed by atoms with van der Waals surface area (Å²) < 4.78 is 34.6. The number of aromatic nitrogens is 2. The van der Waals surface area contributed by atoms with E-state index in [1.165, 1.54) is 13.2 Å². The maximum Gasteiger partial charge on any atom is 0.328 e. The minimum absolute atomic E-state index is 0.0294. The number of halogens is 2. The van der Waals surface area contributed by atoms with E-state index in [1.807, 2.05) is 26.8 Å². The number of anilines is 2. The van der Waals surface area contributed by atoms with Crippen LogP contribution in [-0.4, -0.2) is 47.0 Å². The van der Waals surface area contributed by atoms with Crippen LogP contribution in [0.25, 0.3) is 11.3 Å². The van der Waals surface area contributed by atoms with Gasteiger partial charge in [0.25, 0.3) is 5.91 Å². The van der Waals surface area contributed by atoms with Gasteiger partial charge < -0.3 is 14.4 Å². The van der Waals surface area contributed by atoms with E-state index >= 15 is 0 Å². The Balaban J connectivity index is 1.95. The normalized spacial score (nSPS) is 12.8. The fourth-order valence-corrected chi connectivity index (χ4v) is 4.49. The monoisotopic (exact) mass is 513 g/mol. The Kier molecular flexibility index (Phi) is 7.51. The molecule has 3 amide bonds. The van der Waals surface area contributed by atoms with E-state index in [-0.39, 0.29) is 23.4 Å². The van der Waals surface area contributed by atoms with Crippen molar-refractivity contribution in [2.75, 3.05) is 25.1 Å². The third-order valence-corrected chi connectivity index (χ3v) is 6.40. The number of aryl methyl sites for hydroxylation is 1. The van der Waals surface area contributed by atoms with Gasteiger partial charge in [0.05, 0.1) is 31.4 Å². The van der Waals surface area contributed by atoms with E-state index in [0.29, 0.717) is 35.5 Å². The van der Waals surface area contributed by atoms with Crippen LogP contribution in [0.5, 0.6) is 0 Å². The van der Waals surface area contributed by atoms with Crippen molar-refractivity contribution in [2.24, 2.45) is 0 Å². The van der Waals surface area contributed by atoms with Gasteiger partial charge in [-0.2, -0.15) is 0 Å². The molecule has 0 saturated heterocycles. The zero-order valence-corrected chi connectivity index (χ0v) is 21.1. The lowest BCUT2D eigenvalue weighted by atomic mass is 9.97. The Morgan fingerprint density at radius 3 is 2.50 bits per heavy atom. The lowest BCUT2D eigenvalue weighted by Gasteiger charge is -2.30. The molecule has 2 heterocycles. The van der Waals surface area contributed by atoms with E-state index < -0.39 is 23.4 Å². The molecular weight excluding hydrogens is 488 g/mol. The predicted molar refractivity (Wildman–Crippen MR) is 133 cm³/mol. The second kappa shape index (κ2) is 10.6. The number of urea groups is 1. The first kappa shape index (κ1) is 25.5. The molecule has 0 aliphatic carbocycles. The van der Waals surface area contributed by atoms with Crippen molar-refractivity contribution >= 4 is 35.5 Å². The van der Waals surface area contributed by atoms with Gasteiger partial charge in [0.15, 0.2) is 5.82 Å². The molecule has 0 saturated carbocycles. The minimum Gasteiger partial charge on any atom is -0.339 e. The number of amides is 3. The summed E-state index contributed by atoms with van der Waals surface area (Å²) in [6.07, 6.45) is 0. The van der Waals surface area contributed by atoms with E-state index in [1.54, 1.807) is 17.0 Å². The number of rotatable bonds is 7. The summed E-state index contributed by atoms with van der Waals surface area (Å²) in [5, 5.41) is 2.80. The fourth-order valence-electron chi connectivity index (χ4n) is 4.09. The van der Waals surface area contributed by atoms with Crippen molar-refractivity contribution in [1.29, 1.82) is 0 Å². The third kappa shape index (κ3) is 4.63. The molecule has 0 atom stereocenters. The Morgan fingerprint density at radius 1 is 1.17 bits per heavy atom. The van der Waals surface area contributed by atoms with Crippen LogP contribution in [0.4, 0.5) is 25.1 Å². The highest BCUT2D eigenvalue weighted by atomic mass is 32.2. The summed E-state index contributed by atoms with van der Waals surface area (Å²) in [7, 11) is 1.43. The Labute approximate surface area is 211 Å². The first-order chi connectivity index (χ1) is 17.3. The van der Waals surface area contributed by atoms with Gasteiger partial charge in [-0.25, -0.2) is 28.4 Å². The Bertz CT molecular complexity index is 1310. The number of para-hydroxylation sites is 1. The smallest absolute Gasteiger partial charge is 0.328 e. The van der Waals surface area contributed by atoms with Crippen molar-refractivity contribution in [2.45, 2.75) is 32.5 Å². The van der Waals surface area contributed by atoms with Gasteiger partial charge in [-0.05, 0) is 50.6 Å². The number of nitrogens with one attached hydrogen (secondary N) is 1. The minimum atomic E-state index is -0.915. The largest absolute Gasteiger partial charge is 0.339 e. The molecule has 0 spiro atoms. The number of hydrogen-bond acceptors (Lipinski definition) is 6. The standard InChI is InChI=1S/C25H25F2N5O3S/c1-5-31(6-2)23(33)15-11-10-14(3)16(12-15)20-17-13-28-25(34)32(21-18(26)8-7-9-19(21)27)22(17)30-24(29-20)36-35-4/h7-12H,5-6,13H2,1-4H3,(H,28,34). The van der Waals surface area contributed by atoms with Gasteiger partial charge in [0.1, 0.15) is 17.3 Å². The SMILES string of the molecule is CCN(CC)C(=O)c1ccc(C)c(-c2nc(SOC)nc3c2CNC(=O)N3c2c(F)cccc2F)c1. The average molecular weight is 514 g/mol. The van der Waals surface area contributed by atoms with Gasteiger partial charge in [0, 0.05) is 29.8 Å². The van der Waals surface area contributed by atoms with E-state index in [9.17, 15) is 18.4 Å². The molecule has 0 unspecified atom stereocenters. The quantitative estimate of drug-likeness (QED) is 0.344.